The van der Waals surface area contributed by atoms with Gasteiger partial charge in [0.2, 0.25) is 0 Å². The molecule has 0 aliphatic carbocycles. The second kappa shape index (κ2) is 9.06. The van der Waals surface area contributed by atoms with Gasteiger partial charge in [-0.15, -0.1) is 0 Å². The van der Waals surface area contributed by atoms with Gasteiger partial charge in [0.15, 0.2) is 11.0 Å². The number of piperidine rings is 1. The molecule has 5 nitrogen and oxygen atoms in total. The Morgan fingerprint density at radius 2 is 1.94 bits per heavy atom. The highest BCUT2D eigenvalue weighted by Gasteiger charge is 2.22. The summed E-state index contributed by atoms with van der Waals surface area (Å²) in [5, 5.41) is 10.1. The van der Waals surface area contributed by atoms with Crippen molar-refractivity contribution in [3.63, 3.8) is 0 Å². The average Bonchev–Trinajstić information content (AvgIpc) is 2.77. The number of likely N-dealkylation sites (tertiary alicyclic amines) is 1. The monoisotopic (exact) mass is 419 g/mol. The Morgan fingerprint density at radius 1 is 1.16 bits per heavy atom. The summed E-state index contributed by atoms with van der Waals surface area (Å²) >= 11 is 0. The molecule has 1 unspecified atom stereocenters. The molecule has 0 amide bonds. The number of hydrogen-bond donors (Lipinski definition) is 1. The molecule has 1 atom stereocenters. The minimum Gasteiger partial charge on any atom is -0.478 e. The lowest BCUT2D eigenvalue weighted by Gasteiger charge is -2.33. The zero-order valence-corrected chi connectivity index (χ0v) is 18.2. The number of carboxylic acid groups (broad SMARTS) is 1. The Bertz CT molecular complexity index is 1150. The third-order valence-electron chi connectivity index (χ3n) is 6.45. The van der Waals surface area contributed by atoms with E-state index in [1.165, 1.54) is 19.3 Å². The summed E-state index contributed by atoms with van der Waals surface area (Å²) < 4.78 is 6.11. The Balaban J connectivity index is 1.73. The lowest BCUT2D eigenvalue weighted by atomic mass is 9.97. The van der Waals surface area contributed by atoms with E-state index in [4.69, 9.17) is 4.42 Å². The van der Waals surface area contributed by atoms with Crippen LogP contribution in [0.25, 0.3) is 22.3 Å². The third-order valence-corrected chi connectivity index (χ3v) is 6.45. The van der Waals surface area contributed by atoms with Gasteiger partial charge in [-0.25, -0.2) is 4.79 Å². The maximum absolute atomic E-state index is 13.4. The molecule has 1 aliphatic heterocycles. The molecule has 0 spiro atoms. The zero-order valence-electron chi connectivity index (χ0n) is 18.2. The number of aromatic carboxylic acids is 1. The largest absolute Gasteiger partial charge is 0.478 e. The van der Waals surface area contributed by atoms with Crippen LogP contribution in [0.3, 0.4) is 0 Å². The van der Waals surface area contributed by atoms with E-state index in [2.05, 4.69) is 11.8 Å². The Kier molecular flexibility index (Phi) is 6.23. The lowest BCUT2D eigenvalue weighted by molar-refractivity contribution is 0.0698. The van der Waals surface area contributed by atoms with Crippen LogP contribution < -0.4 is 5.43 Å². The molecule has 5 heteroatoms. The molecule has 1 aromatic heterocycles. The molecule has 1 aliphatic rings. The van der Waals surface area contributed by atoms with Crippen LogP contribution in [0.1, 0.15) is 54.1 Å². The zero-order chi connectivity index (χ0) is 22.0. The molecule has 3 aromatic rings. The van der Waals surface area contributed by atoms with Gasteiger partial charge in [0.1, 0.15) is 11.3 Å². The van der Waals surface area contributed by atoms with E-state index in [1.54, 1.807) is 19.1 Å². The van der Waals surface area contributed by atoms with E-state index in [-0.39, 0.29) is 16.6 Å². The molecule has 4 rings (SSSR count). The molecule has 1 N–H and O–H groups in total. The fourth-order valence-electron chi connectivity index (χ4n) is 4.65. The van der Waals surface area contributed by atoms with Crippen molar-refractivity contribution in [1.82, 2.24) is 4.90 Å². The van der Waals surface area contributed by atoms with Gasteiger partial charge < -0.3 is 14.4 Å². The van der Waals surface area contributed by atoms with Gasteiger partial charge in [-0.1, -0.05) is 42.8 Å². The first kappa shape index (κ1) is 21.3. The average molecular weight is 420 g/mol. The first-order valence-corrected chi connectivity index (χ1v) is 11.1. The smallest absolute Gasteiger partial charge is 0.339 e. The van der Waals surface area contributed by atoms with Gasteiger partial charge in [-0.3, -0.25) is 4.79 Å². The van der Waals surface area contributed by atoms with Gasteiger partial charge in [0.25, 0.3) is 0 Å². The van der Waals surface area contributed by atoms with E-state index in [1.807, 2.05) is 30.3 Å². The van der Waals surface area contributed by atoms with Gasteiger partial charge in [0, 0.05) is 17.2 Å². The van der Waals surface area contributed by atoms with E-state index < -0.39 is 5.97 Å². The maximum atomic E-state index is 13.4. The standard InChI is InChI=1S/C26H29NO4/c1-17-9-6-7-15-27(17)16-8-12-19-13-14-21(26(29)30)25-22(19)23(28)18(2)24(31-25)20-10-4-3-5-11-20/h3-5,10-11,13-14,17H,6-9,12,15-16H2,1-2H3,(H,29,30). The van der Waals surface area contributed by atoms with Crippen LogP contribution >= 0.6 is 0 Å². The van der Waals surface area contributed by atoms with Gasteiger partial charge in [-0.05, 0) is 64.3 Å². The summed E-state index contributed by atoms with van der Waals surface area (Å²) in [6.07, 6.45) is 5.41. The Morgan fingerprint density at radius 3 is 2.65 bits per heavy atom. The number of carbonyl (C=O) groups is 1. The lowest BCUT2D eigenvalue weighted by Crippen LogP contribution is -2.38. The molecule has 1 saturated heterocycles. The van der Waals surface area contributed by atoms with Crippen LogP contribution in [-0.2, 0) is 6.42 Å². The van der Waals surface area contributed by atoms with Crippen molar-refractivity contribution in [2.24, 2.45) is 0 Å². The Hall–Kier alpha value is -2.92. The maximum Gasteiger partial charge on any atom is 0.339 e. The van der Waals surface area contributed by atoms with Crippen LogP contribution in [0.4, 0.5) is 0 Å². The van der Waals surface area contributed by atoms with Gasteiger partial charge >= 0.3 is 5.97 Å². The third kappa shape index (κ3) is 4.28. The molecular formula is C26H29NO4. The molecule has 162 valence electrons. The minimum absolute atomic E-state index is 0.0256. The molecule has 2 aromatic carbocycles. The predicted octanol–water partition coefficient (Wildman–Crippen LogP) is 5.27. The second-order valence-electron chi connectivity index (χ2n) is 8.52. The summed E-state index contributed by atoms with van der Waals surface area (Å²) in [6.45, 7) is 6.14. The van der Waals surface area contributed by atoms with E-state index in [9.17, 15) is 14.7 Å². The molecule has 0 radical (unpaired) electrons. The number of nitrogens with zero attached hydrogens (tertiary/aromatic N) is 1. The van der Waals surface area contributed by atoms with E-state index >= 15 is 0 Å². The predicted molar refractivity (Wildman–Crippen MR) is 123 cm³/mol. The van der Waals surface area contributed by atoms with Crippen molar-refractivity contribution in [2.45, 2.75) is 52.0 Å². The highest BCUT2D eigenvalue weighted by Crippen LogP contribution is 2.29. The number of hydrogen-bond acceptors (Lipinski definition) is 4. The quantitative estimate of drug-likeness (QED) is 0.589. The normalized spacial score (nSPS) is 17.2. The molecule has 1 fully saturated rings. The van der Waals surface area contributed by atoms with Crippen molar-refractivity contribution < 1.29 is 14.3 Å². The van der Waals surface area contributed by atoms with Crippen LogP contribution in [0, 0.1) is 6.92 Å². The number of fused-ring (bicyclic) bond motifs is 1. The molecule has 31 heavy (non-hydrogen) atoms. The van der Waals surface area contributed by atoms with Crippen molar-refractivity contribution in [3.8, 4) is 11.3 Å². The fraction of sp³-hybridized carbons (Fsp3) is 0.385. The first-order chi connectivity index (χ1) is 15.0. The van der Waals surface area contributed by atoms with Crippen molar-refractivity contribution in [2.75, 3.05) is 13.1 Å². The van der Waals surface area contributed by atoms with Crippen LogP contribution in [0.2, 0.25) is 0 Å². The van der Waals surface area contributed by atoms with E-state index in [0.29, 0.717) is 29.2 Å². The van der Waals surface area contributed by atoms with Crippen molar-refractivity contribution in [1.29, 1.82) is 0 Å². The summed E-state index contributed by atoms with van der Waals surface area (Å²) in [5.74, 6) is -0.662. The van der Waals surface area contributed by atoms with E-state index in [0.717, 1.165) is 30.6 Å². The number of carboxylic acids is 1. The molecule has 0 bridgehead atoms. The van der Waals surface area contributed by atoms with Crippen LogP contribution in [0.5, 0.6) is 0 Å². The molecule has 0 saturated carbocycles. The summed E-state index contributed by atoms with van der Waals surface area (Å²) in [5.41, 5.74) is 2.18. The van der Waals surface area contributed by atoms with Gasteiger partial charge in [0.05, 0.1) is 5.39 Å². The number of aryl methyl sites for hydroxylation is 1. The van der Waals surface area contributed by atoms with Crippen molar-refractivity contribution >= 4 is 16.9 Å². The number of rotatable bonds is 6. The van der Waals surface area contributed by atoms with Crippen LogP contribution in [-0.4, -0.2) is 35.1 Å². The fourth-order valence-corrected chi connectivity index (χ4v) is 4.65. The summed E-state index contributed by atoms with van der Waals surface area (Å²) in [7, 11) is 0. The molecule has 2 heterocycles. The first-order valence-electron chi connectivity index (χ1n) is 11.1. The van der Waals surface area contributed by atoms with Crippen LogP contribution in [0.15, 0.2) is 51.7 Å². The highest BCUT2D eigenvalue weighted by molar-refractivity contribution is 6.02. The highest BCUT2D eigenvalue weighted by atomic mass is 16.4. The van der Waals surface area contributed by atoms with Crippen molar-refractivity contribution in [3.05, 3.63) is 69.4 Å². The SMILES string of the molecule is Cc1c(-c2ccccc2)oc2c(C(=O)O)ccc(CCCN3CCCCC3C)c2c1=O. The minimum atomic E-state index is -1.09. The van der Waals surface area contributed by atoms with Gasteiger partial charge in [-0.2, -0.15) is 0 Å². The summed E-state index contributed by atoms with van der Waals surface area (Å²) in [4.78, 5) is 27.7. The summed E-state index contributed by atoms with van der Waals surface area (Å²) in [6, 6.07) is 13.3. The Labute approximate surface area is 182 Å². The second-order valence-corrected chi connectivity index (χ2v) is 8.52. The number of benzene rings is 2. The molecular weight excluding hydrogens is 390 g/mol. The topological polar surface area (TPSA) is 70.8 Å².